The standard InChI is InChI=1S/C17H23N3O2/c1-10(2)5-14-16-12(8-19-15(16)9-20-14)6-13(17(21)22)11-3-4-18-7-11/h8-11,13,18H,3-7H2,1-2H3,(H,21,22). The first-order valence-electron chi connectivity index (χ1n) is 8.04. The Hall–Kier alpha value is -1.75. The van der Waals surface area contributed by atoms with Gasteiger partial charge in [-0.25, -0.2) is 0 Å². The first kappa shape index (κ1) is 15.2. The van der Waals surface area contributed by atoms with Crippen LogP contribution in [0.3, 0.4) is 0 Å². The van der Waals surface area contributed by atoms with Crippen LogP contribution in [0, 0.1) is 17.8 Å². The van der Waals surface area contributed by atoms with E-state index in [-0.39, 0.29) is 11.8 Å². The van der Waals surface area contributed by atoms with Crippen molar-refractivity contribution in [1.82, 2.24) is 5.32 Å². The summed E-state index contributed by atoms with van der Waals surface area (Å²) in [5.74, 6) is -0.314. The molecule has 3 aliphatic heterocycles. The van der Waals surface area contributed by atoms with Crippen LogP contribution in [0.1, 0.15) is 33.1 Å². The number of rotatable bonds is 6. The van der Waals surface area contributed by atoms with Gasteiger partial charge in [0, 0.05) is 11.8 Å². The highest BCUT2D eigenvalue weighted by Crippen LogP contribution is 2.35. The van der Waals surface area contributed by atoms with Crippen molar-refractivity contribution >= 4 is 17.9 Å². The fourth-order valence-electron chi connectivity index (χ4n) is 3.48. The smallest absolute Gasteiger partial charge is 0.307 e. The highest BCUT2D eigenvalue weighted by molar-refractivity contribution is 6.13. The minimum atomic E-state index is -0.701. The number of carbonyl (C=O) groups is 1. The van der Waals surface area contributed by atoms with Crippen molar-refractivity contribution in [2.75, 3.05) is 13.1 Å². The number of hydrogen-bond acceptors (Lipinski definition) is 4. The van der Waals surface area contributed by atoms with Gasteiger partial charge in [0.15, 0.2) is 0 Å². The summed E-state index contributed by atoms with van der Waals surface area (Å²) in [5.41, 5.74) is 4.10. The number of aliphatic carboxylic acids is 1. The Kier molecular flexibility index (Phi) is 4.25. The second-order valence-corrected chi connectivity index (χ2v) is 6.75. The van der Waals surface area contributed by atoms with E-state index in [0.717, 1.165) is 48.5 Å². The first-order chi connectivity index (χ1) is 10.6. The molecule has 0 aromatic rings. The summed E-state index contributed by atoms with van der Waals surface area (Å²) >= 11 is 0. The van der Waals surface area contributed by atoms with Gasteiger partial charge in [-0.2, -0.15) is 0 Å². The third-order valence-electron chi connectivity index (χ3n) is 4.59. The summed E-state index contributed by atoms with van der Waals surface area (Å²) in [5, 5.41) is 12.9. The second-order valence-electron chi connectivity index (χ2n) is 6.75. The topological polar surface area (TPSA) is 74.0 Å². The molecular weight excluding hydrogens is 278 g/mol. The van der Waals surface area contributed by atoms with Gasteiger partial charge in [0.25, 0.3) is 0 Å². The van der Waals surface area contributed by atoms with E-state index in [1.54, 1.807) is 0 Å². The first-order valence-corrected chi connectivity index (χ1v) is 8.04. The zero-order valence-electron chi connectivity index (χ0n) is 13.2. The maximum atomic E-state index is 11.7. The number of aliphatic imine (C=N–C) groups is 2. The summed E-state index contributed by atoms with van der Waals surface area (Å²) in [4.78, 5) is 20.6. The average molecular weight is 301 g/mol. The Morgan fingerprint density at radius 3 is 2.91 bits per heavy atom. The maximum Gasteiger partial charge on any atom is 0.307 e. The number of nitrogens with one attached hydrogen (secondary N) is 1. The molecular formula is C17H23N3O2. The Bertz CT molecular complexity index is 593. The summed E-state index contributed by atoms with van der Waals surface area (Å²) in [6.07, 6.45) is 6.05. The molecule has 5 heteroatoms. The van der Waals surface area contributed by atoms with E-state index in [1.807, 2.05) is 12.4 Å². The van der Waals surface area contributed by atoms with Crippen LogP contribution in [-0.2, 0) is 4.79 Å². The summed E-state index contributed by atoms with van der Waals surface area (Å²) in [7, 11) is 0. The van der Waals surface area contributed by atoms with Gasteiger partial charge in [0.2, 0.25) is 0 Å². The molecule has 2 N–H and O–H groups in total. The molecule has 0 aromatic carbocycles. The van der Waals surface area contributed by atoms with Gasteiger partial charge in [-0.1, -0.05) is 13.8 Å². The van der Waals surface area contributed by atoms with Crippen molar-refractivity contribution in [1.29, 1.82) is 0 Å². The lowest BCUT2D eigenvalue weighted by molar-refractivity contribution is -0.143. The normalized spacial score (nSPS) is 24.8. The number of nitrogens with zero attached hydrogens (tertiary/aromatic N) is 2. The molecule has 1 fully saturated rings. The van der Waals surface area contributed by atoms with E-state index in [0.29, 0.717) is 12.3 Å². The van der Waals surface area contributed by atoms with Crippen molar-refractivity contribution in [2.45, 2.75) is 33.1 Å². The van der Waals surface area contributed by atoms with E-state index in [1.165, 1.54) is 0 Å². The van der Waals surface area contributed by atoms with Crippen LogP contribution in [0.4, 0.5) is 0 Å². The Labute approximate surface area is 130 Å². The van der Waals surface area contributed by atoms with Crippen LogP contribution < -0.4 is 5.32 Å². The highest BCUT2D eigenvalue weighted by Gasteiger charge is 2.34. The molecule has 0 spiro atoms. The van der Waals surface area contributed by atoms with E-state index in [2.05, 4.69) is 29.1 Å². The zero-order valence-corrected chi connectivity index (χ0v) is 13.2. The van der Waals surface area contributed by atoms with E-state index in [9.17, 15) is 9.90 Å². The lowest BCUT2D eigenvalue weighted by Gasteiger charge is -2.19. The lowest BCUT2D eigenvalue weighted by atomic mass is 9.84. The third-order valence-corrected chi connectivity index (χ3v) is 4.59. The Morgan fingerprint density at radius 2 is 2.27 bits per heavy atom. The van der Waals surface area contributed by atoms with Gasteiger partial charge in [0.1, 0.15) is 0 Å². The van der Waals surface area contributed by atoms with E-state index >= 15 is 0 Å². The molecule has 0 aliphatic carbocycles. The fraction of sp³-hybridized carbons (Fsp3) is 0.588. The van der Waals surface area contributed by atoms with Crippen molar-refractivity contribution in [3.05, 3.63) is 23.0 Å². The van der Waals surface area contributed by atoms with Crippen LogP contribution in [0.5, 0.6) is 0 Å². The highest BCUT2D eigenvalue weighted by atomic mass is 16.4. The number of fused-ring (bicyclic) bond motifs is 1. The molecule has 1 saturated heterocycles. The van der Waals surface area contributed by atoms with Gasteiger partial charge >= 0.3 is 5.97 Å². The van der Waals surface area contributed by atoms with Crippen LogP contribution in [0.15, 0.2) is 33.0 Å². The second kappa shape index (κ2) is 6.16. The van der Waals surface area contributed by atoms with Crippen LogP contribution in [0.25, 0.3) is 0 Å². The molecule has 22 heavy (non-hydrogen) atoms. The predicted octanol–water partition coefficient (Wildman–Crippen LogP) is 2.41. The van der Waals surface area contributed by atoms with Crippen molar-refractivity contribution < 1.29 is 9.90 Å². The molecule has 5 nitrogen and oxygen atoms in total. The quantitative estimate of drug-likeness (QED) is 0.791. The molecule has 3 rings (SSSR count). The third kappa shape index (κ3) is 2.90. The molecule has 118 valence electrons. The van der Waals surface area contributed by atoms with E-state index < -0.39 is 5.97 Å². The van der Waals surface area contributed by atoms with Crippen molar-refractivity contribution in [2.24, 2.45) is 27.7 Å². The summed E-state index contributed by atoms with van der Waals surface area (Å²) in [6, 6.07) is 0. The summed E-state index contributed by atoms with van der Waals surface area (Å²) in [6.45, 7) is 6.05. The number of carboxylic acids is 1. The number of hydrogen-bond donors (Lipinski definition) is 2. The molecule has 0 saturated carbocycles. The van der Waals surface area contributed by atoms with Gasteiger partial charge in [-0.05, 0) is 49.8 Å². The molecule has 0 amide bonds. The minimum Gasteiger partial charge on any atom is -0.481 e. The minimum absolute atomic E-state index is 0.207. The summed E-state index contributed by atoms with van der Waals surface area (Å²) < 4.78 is 0. The molecule has 2 unspecified atom stereocenters. The molecule has 0 radical (unpaired) electrons. The van der Waals surface area contributed by atoms with Crippen molar-refractivity contribution in [3.8, 4) is 0 Å². The van der Waals surface area contributed by atoms with Gasteiger partial charge in [0.05, 0.1) is 23.5 Å². The largest absolute Gasteiger partial charge is 0.481 e. The van der Waals surface area contributed by atoms with Gasteiger partial charge < -0.3 is 10.4 Å². The molecule has 3 heterocycles. The van der Waals surface area contributed by atoms with Gasteiger partial charge in [-0.15, -0.1) is 0 Å². The average Bonchev–Trinajstić information content (AvgIpc) is 3.14. The van der Waals surface area contributed by atoms with E-state index in [4.69, 9.17) is 0 Å². The van der Waals surface area contributed by atoms with Crippen LogP contribution in [-0.4, -0.2) is 36.1 Å². The monoisotopic (exact) mass is 301 g/mol. The van der Waals surface area contributed by atoms with Crippen LogP contribution >= 0.6 is 0 Å². The van der Waals surface area contributed by atoms with Gasteiger partial charge in [-0.3, -0.25) is 14.8 Å². The van der Waals surface area contributed by atoms with Crippen molar-refractivity contribution in [3.63, 3.8) is 0 Å². The Balaban J connectivity index is 1.81. The Morgan fingerprint density at radius 1 is 1.45 bits per heavy atom. The maximum absolute atomic E-state index is 11.7. The number of allylic oxidation sites excluding steroid dienone is 2. The molecule has 0 bridgehead atoms. The SMILES string of the molecule is CC(C)CC1=NC=C2N=CC(CC(C(=O)O)C3CCNC3)=C21. The zero-order chi connectivity index (χ0) is 15.7. The molecule has 0 aromatic heterocycles. The lowest BCUT2D eigenvalue weighted by Crippen LogP contribution is -2.26. The predicted molar refractivity (Wildman–Crippen MR) is 87.2 cm³/mol. The molecule has 3 aliphatic rings. The number of carboxylic acid groups (broad SMARTS) is 1. The van der Waals surface area contributed by atoms with Crippen LogP contribution in [0.2, 0.25) is 0 Å². The fourth-order valence-corrected chi connectivity index (χ4v) is 3.48. The molecule has 2 atom stereocenters.